The van der Waals surface area contributed by atoms with E-state index in [1.165, 1.54) is 0 Å². The monoisotopic (exact) mass is 160 g/mol. The van der Waals surface area contributed by atoms with E-state index in [0.29, 0.717) is 6.42 Å². The normalized spacial score (nSPS) is 32.4. The topological polar surface area (TPSA) is 26.3 Å². The number of ether oxygens (including phenoxy) is 1. The minimum atomic E-state index is -0.170. The number of carbonyl (C=O) groups excluding carboxylic acids is 1. The van der Waals surface area contributed by atoms with Crippen molar-refractivity contribution in [2.75, 3.05) is 12.0 Å². The van der Waals surface area contributed by atoms with Crippen LogP contribution in [0.25, 0.3) is 0 Å². The molecule has 0 aromatic rings. The van der Waals surface area contributed by atoms with Gasteiger partial charge >= 0.3 is 5.97 Å². The molecule has 10 heavy (non-hydrogen) atoms. The summed E-state index contributed by atoms with van der Waals surface area (Å²) in [6, 6.07) is 0. The van der Waals surface area contributed by atoms with E-state index in [1.54, 1.807) is 11.8 Å². The summed E-state index contributed by atoms with van der Waals surface area (Å²) >= 11 is 1.72. The van der Waals surface area contributed by atoms with E-state index < -0.39 is 0 Å². The van der Waals surface area contributed by atoms with Crippen molar-refractivity contribution in [2.24, 2.45) is 0 Å². The van der Waals surface area contributed by atoms with Crippen LogP contribution >= 0.6 is 11.8 Å². The van der Waals surface area contributed by atoms with Crippen molar-refractivity contribution < 1.29 is 9.53 Å². The maximum Gasteiger partial charge on any atom is 0.306 e. The van der Waals surface area contributed by atoms with Crippen molar-refractivity contribution in [3.05, 3.63) is 0 Å². The van der Waals surface area contributed by atoms with Gasteiger partial charge in [-0.25, -0.2) is 0 Å². The van der Waals surface area contributed by atoms with E-state index in [2.05, 4.69) is 0 Å². The first kappa shape index (κ1) is 7.92. The number of thioether (sulfide) groups is 1. The van der Waals surface area contributed by atoms with Gasteiger partial charge in [-0.15, -0.1) is 0 Å². The third-order valence-electron chi connectivity index (χ3n) is 1.67. The molecule has 0 spiro atoms. The van der Waals surface area contributed by atoms with E-state index in [-0.39, 0.29) is 11.6 Å². The van der Waals surface area contributed by atoms with E-state index in [4.69, 9.17) is 4.74 Å². The number of hydrogen-bond acceptors (Lipinski definition) is 3. The molecule has 3 heteroatoms. The molecule has 0 bridgehead atoms. The molecule has 0 saturated carbocycles. The molecule has 58 valence electrons. The SMILES string of the molecule is CSCC1(C)CCC(=O)O1. The minimum Gasteiger partial charge on any atom is -0.458 e. The first-order chi connectivity index (χ1) is 4.66. The van der Waals surface area contributed by atoms with Gasteiger partial charge in [0, 0.05) is 12.2 Å². The average Bonchev–Trinajstić information content (AvgIpc) is 2.12. The molecular formula is C7H12O2S. The fourth-order valence-electron chi connectivity index (χ4n) is 1.15. The summed E-state index contributed by atoms with van der Waals surface area (Å²) in [4.78, 5) is 10.7. The predicted molar refractivity (Wildman–Crippen MR) is 42.1 cm³/mol. The van der Waals surface area contributed by atoms with E-state index in [9.17, 15) is 4.79 Å². The smallest absolute Gasteiger partial charge is 0.306 e. The van der Waals surface area contributed by atoms with Crippen molar-refractivity contribution in [2.45, 2.75) is 25.4 Å². The molecule has 0 radical (unpaired) electrons. The zero-order valence-electron chi connectivity index (χ0n) is 6.35. The van der Waals surface area contributed by atoms with Crippen LogP contribution in [0.3, 0.4) is 0 Å². The number of carbonyl (C=O) groups is 1. The Morgan fingerprint density at radius 1 is 1.80 bits per heavy atom. The third-order valence-corrected chi connectivity index (χ3v) is 2.57. The van der Waals surface area contributed by atoms with Crippen LogP contribution in [0.4, 0.5) is 0 Å². The van der Waals surface area contributed by atoms with Gasteiger partial charge in [-0.2, -0.15) is 11.8 Å². The highest BCUT2D eigenvalue weighted by atomic mass is 32.2. The molecule has 0 aliphatic carbocycles. The summed E-state index contributed by atoms with van der Waals surface area (Å²) in [7, 11) is 0. The molecule has 1 fully saturated rings. The maximum absolute atomic E-state index is 10.7. The van der Waals surface area contributed by atoms with Gasteiger partial charge in [0.05, 0.1) is 0 Å². The van der Waals surface area contributed by atoms with Crippen LogP contribution in [0.2, 0.25) is 0 Å². The third kappa shape index (κ3) is 1.66. The summed E-state index contributed by atoms with van der Waals surface area (Å²) in [5.41, 5.74) is -0.170. The van der Waals surface area contributed by atoms with Crippen LogP contribution in [0, 0.1) is 0 Å². The summed E-state index contributed by atoms with van der Waals surface area (Å²) in [6.07, 6.45) is 3.50. The molecule has 2 nitrogen and oxygen atoms in total. The lowest BCUT2D eigenvalue weighted by molar-refractivity contribution is -0.145. The first-order valence-corrected chi connectivity index (χ1v) is 4.76. The molecule has 1 unspecified atom stereocenters. The fraction of sp³-hybridized carbons (Fsp3) is 0.857. The van der Waals surface area contributed by atoms with Crippen LogP contribution in [0.1, 0.15) is 19.8 Å². The van der Waals surface area contributed by atoms with Gasteiger partial charge in [-0.05, 0) is 19.6 Å². The zero-order valence-corrected chi connectivity index (χ0v) is 7.16. The molecule has 1 saturated heterocycles. The van der Waals surface area contributed by atoms with Crippen LogP contribution in [-0.2, 0) is 9.53 Å². The highest BCUT2D eigenvalue weighted by Crippen LogP contribution is 2.28. The summed E-state index contributed by atoms with van der Waals surface area (Å²) in [6.45, 7) is 1.99. The van der Waals surface area contributed by atoms with Gasteiger partial charge in [0.2, 0.25) is 0 Å². The lowest BCUT2D eigenvalue weighted by Gasteiger charge is -2.20. The number of esters is 1. The molecule has 1 aliphatic rings. The van der Waals surface area contributed by atoms with E-state index in [1.807, 2.05) is 13.2 Å². The number of rotatable bonds is 2. The Balaban J connectivity index is 2.46. The van der Waals surface area contributed by atoms with Crippen molar-refractivity contribution in [1.82, 2.24) is 0 Å². The first-order valence-electron chi connectivity index (χ1n) is 3.37. The molecule has 1 heterocycles. The van der Waals surface area contributed by atoms with Crippen LogP contribution in [0.15, 0.2) is 0 Å². The maximum atomic E-state index is 10.7. The highest BCUT2D eigenvalue weighted by molar-refractivity contribution is 7.98. The minimum absolute atomic E-state index is 0.0449. The second-order valence-corrected chi connectivity index (χ2v) is 3.72. The van der Waals surface area contributed by atoms with Gasteiger partial charge in [-0.3, -0.25) is 4.79 Å². The largest absolute Gasteiger partial charge is 0.458 e. The number of hydrogen-bond donors (Lipinski definition) is 0. The van der Waals surface area contributed by atoms with Gasteiger partial charge in [0.15, 0.2) is 0 Å². The van der Waals surface area contributed by atoms with Gasteiger partial charge in [0.1, 0.15) is 5.60 Å². The lowest BCUT2D eigenvalue weighted by atomic mass is 10.1. The highest BCUT2D eigenvalue weighted by Gasteiger charge is 2.34. The Labute approximate surface area is 65.3 Å². The zero-order chi connectivity index (χ0) is 7.61. The second kappa shape index (κ2) is 2.82. The van der Waals surface area contributed by atoms with Crippen molar-refractivity contribution in [1.29, 1.82) is 0 Å². The Morgan fingerprint density at radius 3 is 2.90 bits per heavy atom. The Kier molecular flexibility index (Phi) is 2.24. The Bertz CT molecular complexity index is 147. The summed E-state index contributed by atoms with van der Waals surface area (Å²) < 4.78 is 5.13. The summed E-state index contributed by atoms with van der Waals surface area (Å²) in [5, 5.41) is 0. The van der Waals surface area contributed by atoms with E-state index in [0.717, 1.165) is 12.2 Å². The molecule has 0 N–H and O–H groups in total. The van der Waals surface area contributed by atoms with Gasteiger partial charge in [0.25, 0.3) is 0 Å². The summed E-state index contributed by atoms with van der Waals surface area (Å²) in [5.74, 6) is 0.871. The molecule has 0 aromatic heterocycles. The molecular weight excluding hydrogens is 148 g/mol. The van der Waals surface area contributed by atoms with Crippen LogP contribution in [0.5, 0.6) is 0 Å². The number of cyclic esters (lactones) is 1. The molecule has 1 atom stereocenters. The van der Waals surface area contributed by atoms with Gasteiger partial charge in [-0.1, -0.05) is 0 Å². The van der Waals surface area contributed by atoms with Crippen molar-refractivity contribution in [3.8, 4) is 0 Å². The fourth-order valence-corrected chi connectivity index (χ4v) is 1.96. The molecule has 1 aliphatic heterocycles. The quantitative estimate of drug-likeness (QED) is 0.572. The Morgan fingerprint density at radius 2 is 2.50 bits per heavy atom. The Hall–Kier alpha value is -0.180. The van der Waals surface area contributed by atoms with Crippen LogP contribution < -0.4 is 0 Å². The molecule has 0 amide bonds. The van der Waals surface area contributed by atoms with E-state index >= 15 is 0 Å². The van der Waals surface area contributed by atoms with Crippen molar-refractivity contribution in [3.63, 3.8) is 0 Å². The molecule has 1 rings (SSSR count). The standard InChI is InChI=1S/C7H12O2S/c1-7(5-10-2)4-3-6(8)9-7/h3-5H2,1-2H3. The second-order valence-electron chi connectivity index (χ2n) is 2.86. The van der Waals surface area contributed by atoms with Gasteiger partial charge < -0.3 is 4.74 Å². The predicted octanol–water partition coefficient (Wildman–Crippen LogP) is 1.45. The van der Waals surface area contributed by atoms with Crippen molar-refractivity contribution >= 4 is 17.7 Å². The average molecular weight is 160 g/mol. The molecule has 0 aromatic carbocycles. The van der Waals surface area contributed by atoms with Crippen LogP contribution in [-0.4, -0.2) is 23.6 Å². The lowest BCUT2D eigenvalue weighted by Crippen LogP contribution is -2.26.